The van der Waals surface area contributed by atoms with Crippen LogP contribution >= 0.6 is 0 Å². The highest BCUT2D eigenvalue weighted by molar-refractivity contribution is 5.82. The summed E-state index contributed by atoms with van der Waals surface area (Å²) in [5.41, 5.74) is -0.362. The topological polar surface area (TPSA) is 40.6 Å². The predicted octanol–water partition coefficient (Wildman–Crippen LogP) is 0.201. The van der Waals surface area contributed by atoms with E-state index >= 15 is 0 Å². The third-order valence-electron chi connectivity index (χ3n) is 2.04. The molecule has 4 nitrogen and oxygen atoms in total. The van der Waals surface area contributed by atoms with E-state index in [2.05, 4.69) is 0 Å². The van der Waals surface area contributed by atoms with Gasteiger partial charge in [-0.2, -0.15) is 0 Å². The van der Waals surface area contributed by atoms with Gasteiger partial charge in [0.2, 0.25) is 5.91 Å². The summed E-state index contributed by atoms with van der Waals surface area (Å²) in [5.74, 6) is 0.0882. The largest absolute Gasteiger partial charge is 0.323 e. The van der Waals surface area contributed by atoms with E-state index in [0.717, 1.165) is 0 Å². The number of hydrogen-bond acceptors (Lipinski definition) is 2. The van der Waals surface area contributed by atoms with Crippen LogP contribution in [-0.4, -0.2) is 41.9 Å². The molecule has 2 amide bonds. The van der Waals surface area contributed by atoms with E-state index in [0.29, 0.717) is 19.8 Å². The van der Waals surface area contributed by atoms with Gasteiger partial charge in [0.05, 0.1) is 6.67 Å². The lowest BCUT2D eigenvalue weighted by Crippen LogP contribution is -2.38. The molecule has 1 radical (unpaired) electrons. The third-order valence-corrected chi connectivity index (χ3v) is 2.04. The van der Waals surface area contributed by atoms with E-state index in [-0.39, 0.29) is 11.3 Å². The number of hydrogen-bond donors (Lipinski definition) is 0. The number of nitrogens with zero attached hydrogens (tertiary/aromatic N) is 2. The number of carbonyl (C=O) groups excluding carboxylic acids is 2. The van der Waals surface area contributed by atoms with Crippen LogP contribution in [0.2, 0.25) is 0 Å². The second kappa shape index (κ2) is 3.36. The Kier molecular flexibility index (Phi) is 2.59. The predicted molar refractivity (Wildman–Crippen MR) is 48.4 cm³/mol. The fourth-order valence-corrected chi connectivity index (χ4v) is 1.30. The molecule has 0 atom stereocenters. The molecule has 1 heterocycles. The molecule has 0 aliphatic carbocycles. The summed E-state index contributed by atoms with van der Waals surface area (Å²) in [5, 5.41) is 0. The highest BCUT2D eigenvalue weighted by Crippen LogP contribution is 2.19. The van der Waals surface area contributed by atoms with Crippen LogP contribution in [0.25, 0.3) is 0 Å². The van der Waals surface area contributed by atoms with Gasteiger partial charge in [-0.3, -0.25) is 9.59 Å². The van der Waals surface area contributed by atoms with Crippen molar-refractivity contribution < 1.29 is 9.59 Å². The minimum atomic E-state index is -0.362. The molecule has 0 spiro atoms. The van der Waals surface area contributed by atoms with Gasteiger partial charge in [0, 0.05) is 18.5 Å². The van der Waals surface area contributed by atoms with Crippen molar-refractivity contribution in [1.29, 1.82) is 0 Å². The van der Waals surface area contributed by atoms with Gasteiger partial charge < -0.3 is 9.80 Å². The maximum absolute atomic E-state index is 11.7. The molecule has 0 aromatic rings. The maximum Gasteiger partial charge on any atom is 0.313 e. The summed E-state index contributed by atoms with van der Waals surface area (Å²) < 4.78 is 0. The van der Waals surface area contributed by atoms with E-state index in [9.17, 15) is 9.59 Å². The average Bonchev–Trinajstić information content (AvgIpc) is 2.48. The summed E-state index contributed by atoms with van der Waals surface area (Å²) in [6, 6.07) is 0. The first kappa shape index (κ1) is 10.0. The lowest BCUT2D eigenvalue weighted by Gasteiger charge is -2.24. The van der Waals surface area contributed by atoms with Crippen LogP contribution in [0.1, 0.15) is 20.8 Å². The van der Waals surface area contributed by atoms with E-state index in [4.69, 9.17) is 0 Å². The zero-order valence-electron chi connectivity index (χ0n) is 8.33. The molecule has 0 N–H and O–H groups in total. The Morgan fingerprint density at radius 1 is 1.31 bits per heavy atom. The van der Waals surface area contributed by atoms with Gasteiger partial charge in [0.1, 0.15) is 0 Å². The van der Waals surface area contributed by atoms with Crippen molar-refractivity contribution in [2.24, 2.45) is 5.41 Å². The average molecular weight is 183 g/mol. The minimum Gasteiger partial charge on any atom is -0.323 e. The molecule has 1 rings (SSSR count). The van der Waals surface area contributed by atoms with Crippen LogP contribution in [0, 0.1) is 5.41 Å². The zero-order chi connectivity index (χ0) is 10.1. The van der Waals surface area contributed by atoms with Crippen molar-refractivity contribution in [2.45, 2.75) is 20.8 Å². The van der Waals surface area contributed by atoms with Gasteiger partial charge in [0.25, 0.3) is 0 Å². The molecule has 1 aliphatic rings. The summed E-state index contributed by atoms with van der Waals surface area (Å²) in [6.07, 6.45) is 1.79. The van der Waals surface area contributed by atoms with Crippen LogP contribution in [0.15, 0.2) is 0 Å². The first-order chi connectivity index (χ1) is 5.95. The van der Waals surface area contributed by atoms with Crippen molar-refractivity contribution >= 4 is 12.3 Å². The SMILES string of the molecule is CC(C)(C)C(=O)N1CCN([C]=O)C1. The third kappa shape index (κ3) is 2.20. The summed E-state index contributed by atoms with van der Waals surface area (Å²) in [4.78, 5) is 25.1. The van der Waals surface area contributed by atoms with Gasteiger partial charge in [-0.05, 0) is 0 Å². The molecule has 0 saturated carbocycles. The molecule has 1 saturated heterocycles. The molecule has 73 valence electrons. The molecule has 0 unspecified atom stereocenters. The van der Waals surface area contributed by atoms with Crippen molar-refractivity contribution in [3.05, 3.63) is 0 Å². The highest BCUT2D eigenvalue weighted by Gasteiger charge is 2.31. The Balaban J connectivity index is 2.56. The molecule has 4 heteroatoms. The molecule has 1 fully saturated rings. The normalized spacial score (nSPS) is 17.8. The zero-order valence-corrected chi connectivity index (χ0v) is 8.33. The maximum atomic E-state index is 11.7. The fourth-order valence-electron chi connectivity index (χ4n) is 1.30. The van der Waals surface area contributed by atoms with E-state index in [1.165, 1.54) is 4.90 Å². The van der Waals surface area contributed by atoms with Crippen molar-refractivity contribution in [3.8, 4) is 0 Å². The van der Waals surface area contributed by atoms with E-state index in [1.54, 1.807) is 11.3 Å². The molecular formula is C9H15N2O2. The molecule has 0 aromatic carbocycles. The van der Waals surface area contributed by atoms with Crippen molar-refractivity contribution in [3.63, 3.8) is 0 Å². The van der Waals surface area contributed by atoms with Crippen molar-refractivity contribution in [2.75, 3.05) is 19.8 Å². The number of carbonyl (C=O) groups is 1. The van der Waals surface area contributed by atoms with Crippen LogP contribution in [0.4, 0.5) is 0 Å². The molecule has 1 aliphatic heterocycles. The highest BCUT2D eigenvalue weighted by atomic mass is 16.2. The second-order valence-electron chi connectivity index (χ2n) is 4.31. The van der Waals surface area contributed by atoms with Crippen LogP contribution in [0.5, 0.6) is 0 Å². The van der Waals surface area contributed by atoms with Gasteiger partial charge in [-0.15, -0.1) is 0 Å². The van der Waals surface area contributed by atoms with Crippen LogP contribution in [0.3, 0.4) is 0 Å². The summed E-state index contributed by atoms with van der Waals surface area (Å²) in [6.45, 7) is 7.25. The van der Waals surface area contributed by atoms with Gasteiger partial charge in [0.15, 0.2) is 0 Å². The standard InChI is InChI=1S/C9H15N2O2/c1-9(2,3)8(13)11-5-4-10(6-11)7-12/h4-6H2,1-3H3. The summed E-state index contributed by atoms with van der Waals surface area (Å²) >= 11 is 0. The van der Waals surface area contributed by atoms with Gasteiger partial charge >= 0.3 is 6.41 Å². The minimum absolute atomic E-state index is 0.0882. The number of rotatable bonds is 1. The quantitative estimate of drug-likeness (QED) is 0.582. The Morgan fingerprint density at radius 2 is 1.92 bits per heavy atom. The fraction of sp³-hybridized carbons (Fsp3) is 0.778. The van der Waals surface area contributed by atoms with Crippen LogP contribution < -0.4 is 0 Å². The van der Waals surface area contributed by atoms with Crippen molar-refractivity contribution in [1.82, 2.24) is 9.80 Å². The molecular weight excluding hydrogens is 168 g/mol. The first-order valence-corrected chi connectivity index (χ1v) is 4.37. The summed E-state index contributed by atoms with van der Waals surface area (Å²) in [7, 11) is 0. The smallest absolute Gasteiger partial charge is 0.313 e. The molecule has 0 bridgehead atoms. The Labute approximate surface area is 78.5 Å². The first-order valence-electron chi connectivity index (χ1n) is 4.37. The molecule has 0 aromatic heterocycles. The van der Waals surface area contributed by atoms with Gasteiger partial charge in [-0.25, -0.2) is 0 Å². The monoisotopic (exact) mass is 183 g/mol. The molecule has 13 heavy (non-hydrogen) atoms. The Hall–Kier alpha value is -1.06. The van der Waals surface area contributed by atoms with E-state index < -0.39 is 0 Å². The number of amides is 2. The lowest BCUT2D eigenvalue weighted by atomic mass is 9.95. The van der Waals surface area contributed by atoms with E-state index in [1.807, 2.05) is 20.8 Å². The van der Waals surface area contributed by atoms with Crippen LogP contribution in [-0.2, 0) is 9.59 Å². The van der Waals surface area contributed by atoms with Gasteiger partial charge in [-0.1, -0.05) is 20.8 Å². The lowest BCUT2D eigenvalue weighted by molar-refractivity contribution is -0.138. The second-order valence-corrected chi connectivity index (χ2v) is 4.31. The Morgan fingerprint density at radius 3 is 2.31 bits per heavy atom. The Bertz CT molecular complexity index is 220.